The van der Waals surface area contributed by atoms with Crippen LogP contribution >= 0.6 is 0 Å². The maximum Gasteiger partial charge on any atom is 0.119 e. The van der Waals surface area contributed by atoms with Crippen LogP contribution in [0.2, 0.25) is 0 Å². The van der Waals surface area contributed by atoms with Crippen molar-refractivity contribution in [3.63, 3.8) is 0 Å². The lowest BCUT2D eigenvalue weighted by Crippen LogP contribution is -2.06. The first-order chi connectivity index (χ1) is 6.76. The van der Waals surface area contributed by atoms with E-state index in [0.29, 0.717) is 0 Å². The molecule has 0 spiro atoms. The van der Waals surface area contributed by atoms with Crippen LogP contribution in [0.15, 0.2) is 30.3 Å². The Morgan fingerprint density at radius 2 is 2.29 bits per heavy atom. The molecule has 1 rings (SSSR count). The molecule has 0 aliphatic heterocycles. The van der Waals surface area contributed by atoms with Crippen molar-refractivity contribution >= 4 is 6.08 Å². The molecule has 0 aromatic heterocycles. The van der Waals surface area contributed by atoms with Crippen LogP contribution < -0.4 is 4.74 Å². The van der Waals surface area contributed by atoms with E-state index >= 15 is 0 Å². The van der Waals surface area contributed by atoms with Crippen LogP contribution in [0.3, 0.4) is 0 Å². The van der Waals surface area contributed by atoms with Crippen molar-refractivity contribution in [3.8, 4) is 5.75 Å². The minimum atomic E-state index is -0.804. The molecule has 0 radical (unpaired) electrons. The Morgan fingerprint density at radius 3 is 2.93 bits per heavy atom. The molecule has 0 aliphatic carbocycles. The van der Waals surface area contributed by atoms with Gasteiger partial charge in [-0.1, -0.05) is 24.3 Å². The van der Waals surface area contributed by atoms with Crippen molar-refractivity contribution in [2.45, 2.75) is 6.10 Å². The smallest absolute Gasteiger partial charge is 0.119 e. The van der Waals surface area contributed by atoms with Gasteiger partial charge in [-0.25, -0.2) is 0 Å². The van der Waals surface area contributed by atoms with E-state index in [1.54, 1.807) is 13.2 Å². The highest BCUT2D eigenvalue weighted by atomic mass is 16.5. The number of methoxy groups -OCH3 is 1. The fourth-order valence-electron chi connectivity index (χ4n) is 1.03. The lowest BCUT2D eigenvalue weighted by atomic mass is 10.2. The van der Waals surface area contributed by atoms with Crippen LogP contribution in [0.4, 0.5) is 0 Å². The highest BCUT2D eigenvalue weighted by molar-refractivity contribution is 5.52. The van der Waals surface area contributed by atoms with Gasteiger partial charge in [0.25, 0.3) is 0 Å². The van der Waals surface area contributed by atoms with Crippen LogP contribution in [-0.4, -0.2) is 30.0 Å². The van der Waals surface area contributed by atoms with Crippen molar-refractivity contribution in [2.24, 2.45) is 0 Å². The molecule has 0 unspecified atom stereocenters. The van der Waals surface area contributed by atoms with Crippen LogP contribution in [0.1, 0.15) is 5.56 Å². The SMILES string of the molecule is COc1cccc(/C=C/[C@H](O)CO)c1. The van der Waals surface area contributed by atoms with Crippen molar-refractivity contribution in [1.29, 1.82) is 0 Å². The molecule has 0 saturated carbocycles. The predicted octanol–water partition coefficient (Wildman–Crippen LogP) is 1.06. The molecule has 14 heavy (non-hydrogen) atoms. The van der Waals surface area contributed by atoms with E-state index in [0.717, 1.165) is 11.3 Å². The maximum absolute atomic E-state index is 9.08. The molecule has 1 aromatic carbocycles. The lowest BCUT2D eigenvalue weighted by Gasteiger charge is -2.01. The predicted molar refractivity (Wildman–Crippen MR) is 55.1 cm³/mol. The summed E-state index contributed by atoms with van der Waals surface area (Å²) < 4.78 is 5.04. The number of aliphatic hydroxyl groups excluding tert-OH is 2. The first kappa shape index (κ1) is 10.8. The van der Waals surface area contributed by atoms with Gasteiger partial charge in [0.05, 0.1) is 19.8 Å². The molecule has 0 amide bonds. The minimum absolute atomic E-state index is 0.263. The second-order valence-corrected chi connectivity index (χ2v) is 2.89. The zero-order chi connectivity index (χ0) is 10.4. The Hall–Kier alpha value is -1.32. The lowest BCUT2D eigenvalue weighted by molar-refractivity contribution is 0.131. The Bertz CT molecular complexity index is 307. The summed E-state index contributed by atoms with van der Waals surface area (Å²) in [4.78, 5) is 0. The average Bonchev–Trinajstić information content (AvgIpc) is 2.26. The molecule has 0 saturated heterocycles. The molecule has 0 aliphatic rings. The molecule has 3 nitrogen and oxygen atoms in total. The first-order valence-electron chi connectivity index (χ1n) is 4.37. The summed E-state index contributed by atoms with van der Waals surface area (Å²) in [5.41, 5.74) is 0.928. The monoisotopic (exact) mass is 194 g/mol. The highest BCUT2D eigenvalue weighted by Gasteiger charge is 1.95. The molecule has 0 bridgehead atoms. The molecule has 0 heterocycles. The number of rotatable bonds is 4. The third-order valence-electron chi connectivity index (χ3n) is 1.79. The van der Waals surface area contributed by atoms with E-state index in [2.05, 4.69) is 0 Å². The van der Waals surface area contributed by atoms with Crippen LogP contribution in [0, 0.1) is 0 Å². The quantitative estimate of drug-likeness (QED) is 0.753. The van der Waals surface area contributed by atoms with Crippen molar-refractivity contribution < 1.29 is 14.9 Å². The van der Waals surface area contributed by atoms with Crippen molar-refractivity contribution in [1.82, 2.24) is 0 Å². The molecular formula is C11H14O3. The zero-order valence-electron chi connectivity index (χ0n) is 8.05. The topological polar surface area (TPSA) is 49.7 Å². The maximum atomic E-state index is 9.08. The summed E-state index contributed by atoms with van der Waals surface area (Å²) in [7, 11) is 1.60. The zero-order valence-corrected chi connectivity index (χ0v) is 8.05. The van der Waals surface area contributed by atoms with Gasteiger partial charge in [-0.2, -0.15) is 0 Å². The summed E-state index contributed by atoms with van der Waals surface area (Å²) in [6, 6.07) is 7.45. The number of ether oxygens (including phenoxy) is 1. The molecule has 0 fully saturated rings. The number of hydrogen-bond donors (Lipinski definition) is 2. The van der Waals surface area contributed by atoms with Crippen LogP contribution in [-0.2, 0) is 0 Å². The third-order valence-corrected chi connectivity index (χ3v) is 1.79. The van der Waals surface area contributed by atoms with E-state index < -0.39 is 6.10 Å². The summed E-state index contributed by atoms with van der Waals surface area (Å²) >= 11 is 0. The van der Waals surface area contributed by atoms with Gasteiger partial charge in [0, 0.05) is 0 Å². The summed E-state index contributed by atoms with van der Waals surface area (Å²) in [6.45, 7) is -0.263. The van der Waals surface area contributed by atoms with E-state index in [-0.39, 0.29) is 6.61 Å². The summed E-state index contributed by atoms with van der Waals surface area (Å²) in [5.74, 6) is 0.769. The van der Waals surface area contributed by atoms with E-state index in [1.807, 2.05) is 24.3 Å². The number of aliphatic hydroxyl groups is 2. The fourth-order valence-corrected chi connectivity index (χ4v) is 1.03. The third kappa shape index (κ3) is 3.20. The van der Waals surface area contributed by atoms with Gasteiger partial charge < -0.3 is 14.9 Å². The van der Waals surface area contributed by atoms with Gasteiger partial charge in [0.2, 0.25) is 0 Å². The Balaban J connectivity index is 2.71. The van der Waals surface area contributed by atoms with Gasteiger partial charge in [0.15, 0.2) is 0 Å². The molecule has 76 valence electrons. The second kappa shape index (κ2) is 5.42. The standard InChI is InChI=1S/C11H14O3/c1-14-11-4-2-3-9(7-11)5-6-10(13)8-12/h2-7,10,12-13H,8H2,1H3/b6-5+/t10-/m0/s1. The van der Waals surface area contributed by atoms with Gasteiger partial charge in [-0.15, -0.1) is 0 Å². The second-order valence-electron chi connectivity index (χ2n) is 2.89. The van der Waals surface area contributed by atoms with Crippen molar-refractivity contribution in [2.75, 3.05) is 13.7 Å². The van der Waals surface area contributed by atoms with Crippen molar-refractivity contribution in [3.05, 3.63) is 35.9 Å². The molecule has 3 heteroatoms. The highest BCUT2D eigenvalue weighted by Crippen LogP contribution is 2.13. The van der Waals surface area contributed by atoms with Gasteiger partial charge >= 0.3 is 0 Å². The Labute approximate surface area is 83.3 Å². The molecule has 2 N–H and O–H groups in total. The number of benzene rings is 1. The van der Waals surface area contributed by atoms with E-state index in [4.69, 9.17) is 14.9 Å². The molecule has 1 atom stereocenters. The summed E-state index contributed by atoms with van der Waals surface area (Å²) in [6.07, 6.45) is 2.47. The Kier molecular flexibility index (Phi) is 4.16. The van der Waals surface area contributed by atoms with Gasteiger partial charge in [0.1, 0.15) is 5.75 Å². The Morgan fingerprint density at radius 1 is 1.50 bits per heavy atom. The largest absolute Gasteiger partial charge is 0.497 e. The first-order valence-corrected chi connectivity index (χ1v) is 4.37. The molecular weight excluding hydrogens is 180 g/mol. The van der Waals surface area contributed by atoms with Crippen LogP contribution in [0.25, 0.3) is 6.08 Å². The van der Waals surface area contributed by atoms with Crippen LogP contribution in [0.5, 0.6) is 5.75 Å². The van der Waals surface area contributed by atoms with Gasteiger partial charge in [-0.05, 0) is 17.7 Å². The van der Waals surface area contributed by atoms with Gasteiger partial charge in [-0.3, -0.25) is 0 Å². The number of hydrogen-bond acceptors (Lipinski definition) is 3. The minimum Gasteiger partial charge on any atom is -0.497 e. The van der Waals surface area contributed by atoms with E-state index in [1.165, 1.54) is 6.08 Å². The normalized spacial score (nSPS) is 13.1. The van der Waals surface area contributed by atoms with E-state index in [9.17, 15) is 0 Å². The summed E-state index contributed by atoms with van der Waals surface area (Å²) in [5, 5.41) is 17.7. The molecule has 1 aromatic rings. The average molecular weight is 194 g/mol. The fraction of sp³-hybridized carbons (Fsp3) is 0.273.